The van der Waals surface area contributed by atoms with Crippen molar-refractivity contribution in [2.45, 2.75) is 5.16 Å². The van der Waals surface area contributed by atoms with Gasteiger partial charge < -0.3 is 9.67 Å². The zero-order valence-corrected chi connectivity index (χ0v) is 11.2. The fourth-order valence-electron chi connectivity index (χ4n) is 1.55. The minimum Gasteiger partial charge on any atom is -0.481 e. The molecule has 1 aromatic heterocycles. The second-order valence-electron chi connectivity index (χ2n) is 3.85. The molecule has 0 aliphatic carbocycles. The average Bonchev–Trinajstić information content (AvgIpc) is 2.78. The summed E-state index contributed by atoms with van der Waals surface area (Å²) in [5.41, 5.74) is 0.671. The Morgan fingerprint density at radius 3 is 2.60 bits per heavy atom. The Balaban J connectivity index is 2.24. The molecule has 0 saturated heterocycles. The highest BCUT2D eigenvalue weighted by atomic mass is 32.2. The van der Waals surface area contributed by atoms with E-state index in [4.69, 9.17) is 5.11 Å². The molecule has 1 aromatic carbocycles. The van der Waals surface area contributed by atoms with Crippen LogP contribution in [0.5, 0.6) is 0 Å². The second-order valence-corrected chi connectivity index (χ2v) is 4.79. The van der Waals surface area contributed by atoms with Crippen molar-refractivity contribution >= 4 is 23.4 Å². The molecule has 20 heavy (non-hydrogen) atoms. The molecule has 0 radical (unpaired) electrons. The molecular weight excluding hydrogens is 284 g/mol. The van der Waals surface area contributed by atoms with E-state index in [1.807, 2.05) is 0 Å². The average molecular weight is 294 g/mol. The number of aromatic nitrogens is 3. The van der Waals surface area contributed by atoms with Gasteiger partial charge in [-0.25, -0.2) is 0 Å². The summed E-state index contributed by atoms with van der Waals surface area (Å²) >= 11 is 1.06. The van der Waals surface area contributed by atoms with Gasteiger partial charge in [-0.1, -0.05) is 11.8 Å². The molecule has 2 aromatic rings. The highest BCUT2D eigenvalue weighted by Crippen LogP contribution is 2.24. The highest BCUT2D eigenvalue weighted by molar-refractivity contribution is 7.99. The van der Waals surface area contributed by atoms with Crippen molar-refractivity contribution in [1.82, 2.24) is 14.8 Å². The first-order valence-corrected chi connectivity index (χ1v) is 6.46. The zero-order valence-electron chi connectivity index (χ0n) is 10.4. The number of hydrogen-bond donors (Lipinski definition) is 1. The molecule has 0 atom stereocenters. The van der Waals surface area contributed by atoms with Crippen LogP contribution in [0, 0.1) is 10.1 Å². The first kappa shape index (κ1) is 14.0. The Bertz CT molecular complexity index is 653. The third kappa shape index (κ3) is 2.94. The van der Waals surface area contributed by atoms with Gasteiger partial charge in [-0.05, 0) is 12.1 Å². The molecule has 8 nitrogen and oxygen atoms in total. The summed E-state index contributed by atoms with van der Waals surface area (Å²) in [6.45, 7) is 0. The minimum absolute atomic E-state index is 0.00334. The standard InChI is InChI=1S/C11H10N4O4S/c1-14-10(12-13-11(14)20-6-9(16)17)7-2-4-8(5-3-7)15(18)19/h2-5H,6H2,1H3,(H,16,17). The summed E-state index contributed by atoms with van der Waals surface area (Å²) in [7, 11) is 1.71. The van der Waals surface area contributed by atoms with Crippen molar-refractivity contribution in [3.8, 4) is 11.4 Å². The fourth-order valence-corrected chi connectivity index (χ4v) is 2.18. The topological polar surface area (TPSA) is 111 Å². The predicted octanol–water partition coefficient (Wildman–Crippen LogP) is 1.57. The van der Waals surface area contributed by atoms with Crippen LogP contribution in [-0.4, -0.2) is 36.5 Å². The van der Waals surface area contributed by atoms with Gasteiger partial charge >= 0.3 is 5.97 Å². The predicted molar refractivity (Wildman–Crippen MR) is 71.5 cm³/mol. The lowest BCUT2D eigenvalue weighted by molar-refractivity contribution is -0.384. The van der Waals surface area contributed by atoms with Crippen LogP contribution < -0.4 is 0 Å². The van der Waals surface area contributed by atoms with Crippen molar-refractivity contribution < 1.29 is 14.8 Å². The summed E-state index contributed by atoms with van der Waals surface area (Å²) in [4.78, 5) is 20.6. The molecule has 0 bridgehead atoms. The van der Waals surface area contributed by atoms with Crippen molar-refractivity contribution in [2.24, 2.45) is 7.05 Å². The SMILES string of the molecule is Cn1c(SCC(=O)O)nnc1-c1ccc([N+](=O)[O-])cc1. The van der Waals surface area contributed by atoms with Crippen molar-refractivity contribution in [3.05, 3.63) is 34.4 Å². The number of non-ortho nitro benzene ring substituents is 1. The fraction of sp³-hybridized carbons (Fsp3) is 0.182. The number of nitrogens with zero attached hydrogens (tertiary/aromatic N) is 4. The van der Waals surface area contributed by atoms with Crippen molar-refractivity contribution in [3.63, 3.8) is 0 Å². The van der Waals surface area contributed by atoms with E-state index in [-0.39, 0.29) is 11.4 Å². The van der Waals surface area contributed by atoms with E-state index < -0.39 is 10.9 Å². The number of rotatable bonds is 5. The zero-order chi connectivity index (χ0) is 14.7. The van der Waals surface area contributed by atoms with E-state index in [9.17, 15) is 14.9 Å². The number of aliphatic carboxylic acids is 1. The van der Waals surface area contributed by atoms with Gasteiger partial charge in [-0.2, -0.15) is 0 Å². The quantitative estimate of drug-likeness (QED) is 0.506. The number of carboxylic acids is 1. The summed E-state index contributed by atoms with van der Waals surface area (Å²) in [5.74, 6) is -0.519. The number of hydrogen-bond acceptors (Lipinski definition) is 6. The molecule has 0 amide bonds. The van der Waals surface area contributed by atoms with Crippen LogP contribution in [0.15, 0.2) is 29.4 Å². The third-order valence-corrected chi connectivity index (χ3v) is 3.50. The maximum atomic E-state index is 10.6. The number of nitro groups is 1. The Kier molecular flexibility index (Phi) is 3.99. The molecule has 0 aliphatic heterocycles. The molecule has 0 unspecified atom stereocenters. The molecule has 1 heterocycles. The first-order valence-electron chi connectivity index (χ1n) is 5.48. The number of carbonyl (C=O) groups is 1. The Morgan fingerprint density at radius 2 is 2.05 bits per heavy atom. The molecule has 104 valence electrons. The van der Waals surface area contributed by atoms with E-state index in [0.717, 1.165) is 11.8 Å². The molecule has 0 aliphatic rings. The lowest BCUT2D eigenvalue weighted by Gasteiger charge is -2.02. The first-order chi connectivity index (χ1) is 9.49. The maximum absolute atomic E-state index is 10.6. The van der Waals surface area contributed by atoms with Crippen LogP contribution in [0.25, 0.3) is 11.4 Å². The van der Waals surface area contributed by atoms with E-state index in [1.165, 1.54) is 12.1 Å². The van der Waals surface area contributed by atoms with Gasteiger partial charge in [0.15, 0.2) is 11.0 Å². The highest BCUT2D eigenvalue weighted by Gasteiger charge is 2.13. The van der Waals surface area contributed by atoms with Gasteiger partial charge in [0.25, 0.3) is 5.69 Å². The van der Waals surface area contributed by atoms with Gasteiger partial charge in [0.05, 0.1) is 10.7 Å². The Labute approximate surface area is 117 Å². The van der Waals surface area contributed by atoms with E-state index in [0.29, 0.717) is 16.5 Å². The van der Waals surface area contributed by atoms with Crippen LogP contribution in [0.2, 0.25) is 0 Å². The second kappa shape index (κ2) is 5.70. The molecule has 1 N–H and O–H groups in total. The lowest BCUT2D eigenvalue weighted by Crippen LogP contribution is -2.01. The Morgan fingerprint density at radius 1 is 1.40 bits per heavy atom. The maximum Gasteiger partial charge on any atom is 0.313 e. The molecular formula is C11H10N4O4S. The van der Waals surface area contributed by atoms with Crippen molar-refractivity contribution in [1.29, 1.82) is 0 Å². The number of thioether (sulfide) groups is 1. The van der Waals surface area contributed by atoms with Gasteiger partial charge in [-0.15, -0.1) is 10.2 Å². The molecule has 0 saturated carbocycles. The molecule has 0 fully saturated rings. The van der Waals surface area contributed by atoms with Gasteiger partial charge in [0.2, 0.25) is 0 Å². The van der Waals surface area contributed by atoms with Crippen LogP contribution in [-0.2, 0) is 11.8 Å². The molecule has 2 rings (SSSR count). The summed E-state index contributed by atoms with van der Waals surface area (Å²) in [6.07, 6.45) is 0. The van der Waals surface area contributed by atoms with Gasteiger partial charge in [0.1, 0.15) is 0 Å². The Hall–Kier alpha value is -2.42. The largest absolute Gasteiger partial charge is 0.481 e. The van der Waals surface area contributed by atoms with E-state index in [1.54, 1.807) is 23.7 Å². The van der Waals surface area contributed by atoms with Crippen LogP contribution in [0.3, 0.4) is 0 Å². The summed E-state index contributed by atoms with van der Waals surface area (Å²) < 4.78 is 1.65. The van der Waals surface area contributed by atoms with Gasteiger partial charge in [0, 0.05) is 24.7 Å². The summed E-state index contributed by atoms with van der Waals surface area (Å²) in [6, 6.07) is 5.92. The van der Waals surface area contributed by atoms with E-state index in [2.05, 4.69) is 10.2 Å². The normalized spacial score (nSPS) is 10.4. The van der Waals surface area contributed by atoms with Crippen LogP contribution >= 0.6 is 11.8 Å². The number of carboxylic acid groups (broad SMARTS) is 1. The molecule has 0 spiro atoms. The molecule has 9 heteroatoms. The lowest BCUT2D eigenvalue weighted by atomic mass is 10.2. The van der Waals surface area contributed by atoms with Gasteiger partial charge in [-0.3, -0.25) is 14.9 Å². The smallest absolute Gasteiger partial charge is 0.313 e. The van der Waals surface area contributed by atoms with Crippen LogP contribution in [0.1, 0.15) is 0 Å². The summed E-state index contributed by atoms with van der Waals surface area (Å²) in [5, 5.41) is 27.6. The third-order valence-electron chi connectivity index (χ3n) is 2.50. The number of nitro benzene ring substituents is 1. The van der Waals surface area contributed by atoms with Crippen LogP contribution in [0.4, 0.5) is 5.69 Å². The minimum atomic E-state index is -0.935. The van der Waals surface area contributed by atoms with Crippen molar-refractivity contribution in [2.75, 3.05) is 5.75 Å². The number of benzene rings is 1. The monoisotopic (exact) mass is 294 g/mol. The van der Waals surface area contributed by atoms with E-state index >= 15 is 0 Å².